The molecule has 1 aliphatic rings. The Morgan fingerprint density at radius 1 is 1.50 bits per heavy atom. The maximum atomic E-state index is 10.9. The third-order valence-electron chi connectivity index (χ3n) is 2.33. The zero-order valence-corrected chi connectivity index (χ0v) is 8.19. The molecule has 0 amide bonds. The molecule has 0 spiro atoms. The van der Waals surface area contributed by atoms with Crippen LogP contribution in [0, 0.1) is 5.92 Å². The Morgan fingerprint density at radius 2 is 2.25 bits per heavy atom. The molecular formula is C9H16O2S. The number of carbonyl (C=O) groups is 1. The van der Waals surface area contributed by atoms with E-state index in [4.69, 9.17) is 4.74 Å². The molecule has 0 saturated heterocycles. The Bertz CT molecular complexity index is 143. The predicted molar refractivity (Wildman–Crippen MR) is 51.4 cm³/mol. The SMILES string of the molecule is O=C(CCS)OCCC1CCC1. The van der Waals surface area contributed by atoms with Gasteiger partial charge in [0, 0.05) is 5.75 Å². The average Bonchev–Trinajstić information content (AvgIpc) is 1.95. The van der Waals surface area contributed by atoms with Gasteiger partial charge in [-0.25, -0.2) is 0 Å². The van der Waals surface area contributed by atoms with Crippen molar-refractivity contribution in [2.45, 2.75) is 32.1 Å². The summed E-state index contributed by atoms with van der Waals surface area (Å²) < 4.78 is 5.00. The third kappa shape index (κ3) is 3.48. The van der Waals surface area contributed by atoms with E-state index in [-0.39, 0.29) is 5.97 Å². The molecule has 0 unspecified atom stereocenters. The summed E-state index contributed by atoms with van der Waals surface area (Å²) in [7, 11) is 0. The van der Waals surface area contributed by atoms with Crippen LogP contribution in [0.3, 0.4) is 0 Å². The summed E-state index contributed by atoms with van der Waals surface area (Å²) in [5.74, 6) is 1.31. The van der Waals surface area contributed by atoms with Crippen LogP contribution in [0.15, 0.2) is 0 Å². The van der Waals surface area contributed by atoms with Crippen LogP contribution in [0.4, 0.5) is 0 Å². The molecule has 0 aliphatic heterocycles. The van der Waals surface area contributed by atoms with Crippen LogP contribution >= 0.6 is 12.6 Å². The quantitative estimate of drug-likeness (QED) is 0.528. The van der Waals surface area contributed by atoms with Crippen molar-refractivity contribution in [1.29, 1.82) is 0 Å². The lowest BCUT2D eigenvalue weighted by Gasteiger charge is -2.24. The standard InChI is InChI=1S/C9H16O2S/c10-9(5-7-12)11-6-4-8-2-1-3-8/h8,12H,1-7H2. The van der Waals surface area contributed by atoms with Crippen LogP contribution in [0.5, 0.6) is 0 Å². The molecule has 0 radical (unpaired) electrons. The van der Waals surface area contributed by atoms with Crippen molar-refractivity contribution in [2.24, 2.45) is 5.92 Å². The monoisotopic (exact) mass is 188 g/mol. The minimum atomic E-state index is -0.107. The summed E-state index contributed by atoms with van der Waals surface area (Å²) in [4.78, 5) is 10.9. The highest BCUT2D eigenvalue weighted by molar-refractivity contribution is 7.80. The van der Waals surface area contributed by atoms with Gasteiger partial charge in [0.05, 0.1) is 13.0 Å². The second-order valence-corrected chi connectivity index (χ2v) is 3.73. The molecular weight excluding hydrogens is 172 g/mol. The van der Waals surface area contributed by atoms with Gasteiger partial charge < -0.3 is 4.74 Å². The van der Waals surface area contributed by atoms with Crippen LogP contribution in [0.1, 0.15) is 32.1 Å². The molecule has 0 aromatic carbocycles. The highest BCUT2D eigenvalue weighted by Crippen LogP contribution is 2.29. The van der Waals surface area contributed by atoms with Crippen molar-refractivity contribution in [3.05, 3.63) is 0 Å². The van der Waals surface area contributed by atoms with Crippen LogP contribution in [0.2, 0.25) is 0 Å². The number of carbonyl (C=O) groups excluding carboxylic acids is 1. The summed E-state index contributed by atoms with van der Waals surface area (Å²) in [6.45, 7) is 0.608. The summed E-state index contributed by atoms with van der Waals surface area (Å²) >= 11 is 3.95. The summed E-state index contributed by atoms with van der Waals surface area (Å²) in [6.07, 6.45) is 5.50. The fraction of sp³-hybridized carbons (Fsp3) is 0.889. The fourth-order valence-corrected chi connectivity index (χ4v) is 1.47. The Labute approximate surface area is 79.1 Å². The Hall–Kier alpha value is -0.180. The van der Waals surface area contributed by atoms with Crippen LogP contribution in [-0.2, 0) is 9.53 Å². The molecule has 1 rings (SSSR count). The lowest BCUT2D eigenvalue weighted by atomic mass is 9.83. The number of thiol groups is 1. The molecule has 12 heavy (non-hydrogen) atoms. The van der Waals surface area contributed by atoms with Gasteiger partial charge in [0.15, 0.2) is 0 Å². The van der Waals surface area contributed by atoms with Crippen molar-refractivity contribution < 1.29 is 9.53 Å². The van der Waals surface area contributed by atoms with Crippen molar-refractivity contribution in [2.75, 3.05) is 12.4 Å². The summed E-state index contributed by atoms with van der Waals surface area (Å²) in [5, 5.41) is 0. The average molecular weight is 188 g/mol. The van der Waals surface area contributed by atoms with Gasteiger partial charge in [0.1, 0.15) is 0 Å². The maximum Gasteiger partial charge on any atom is 0.306 e. The second kappa shape index (κ2) is 5.46. The smallest absolute Gasteiger partial charge is 0.306 e. The highest BCUT2D eigenvalue weighted by atomic mass is 32.1. The van der Waals surface area contributed by atoms with Gasteiger partial charge in [-0.15, -0.1) is 0 Å². The minimum absolute atomic E-state index is 0.107. The van der Waals surface area contributed by atoms with Crippen molar-refractivity contribution >= 4 is 18.6 Å². The molecule has 0 aromatic rings. The predicted octanol–water partition coefficient (Wildman–Crippen LogP) is 2.04. The fourth-order valence-electron chi connectivity index (χ4n) is 1.28. The Morgan fingerprint density at radius 3 is 2.75 bits per heavy atom. The van der Waals surface area contributed by atoms with E-state index in [0.29, 0.717) is 18.8 Å². The van der Waals surface area contributed by atoms with Gasteiger partial charge in [-0.05, 0) is 12.3 Å². The molecule has 70 valence electrons. The second-order valence-electron chi connectivity index (χ2n) is 3.28. The molecule has 2 nitrogen and oxygen atoms in total. The van der Waals surface area contributed by atoms with Gasteiger partial charge in [-0.2, -0.15) is 12.6 Å². The molecule has 0 bridgehead atoms. The first-order valence-electron chi connectivity index (χ1n) is 4.59. The van der Waals surface area contributed by atoms with E-state index in [2.05, 4.69) is 12.6 Å². The molecule has 3 heteroatoms. The number of ether oxygens (including phenoxy) is 1. The van der Waals surface area contributed by atoms with Gasteiger partial charge >= 0.3 is 5.97 Å². The van der Waals surface area contributed by atoms with Crippen LogP contribution in [0.25, 0.3) is 0 Å². The lowest BCUT2D eigenvalue weighted by Crippen LogP contribution is -2.15. The largest absolute Gasteiger partial charge is 0.466 e. The maximum absolute atomic E-state index is 10.9. The van der Waals surface area contributed by atoms with E-state index in [1.165, 1.54) is 19.3 Å². The first-order valence-corrected chi connectivity index (χ1v) is 5.22. The first-order chi connectivity index (χ1) is 5.83. The van der Waals surface area contributed by atoms with E-state index in [1.54, 1.807) is 0 Å². The van der Waals surface area contributed by atoms with E-state index in [0.717, 1.165) is 12.3 Å². The molecule has 0 N–H and O–H groups in total. The number of rotatable bonds is 5. The number of hydrogen-bond acceptors (Lipinski definition) is 3. The van der Waals surface area contributed by atoms with E-state index < -0.39 is 0 Å². The van der Waals surface area contributed by atoms with Crippen molar-refractivity contribution in [3.63, 3.8) is 0 Å². The van der Waals surface area contributed by atoms with E-state index >= 15 is 0 Å². The van der Waals surface area contributed by atoms with Crippen molar-refractivity contribution in [3.8, 4) is 0 Å². The van der Waals surface area contributed by atoms with Crippen molar-refractivity contribution in [1.82, 2.24) is 0 Å². The molecule has 1 aliphatic carbocycles. The topological polar surface area (TPSA) is 26.3 Å². The summed E-state index contributed by atoms with van der Waals surface area (Å²) in [6, 6.07) is 0. The normalized spacial score (nSPS) is 17.1. The molecule has 0 aromatic heterocycles. The van der Waals surface area contributed by atoms with E-state index in [9.17, 15) is 4.79 Å². The Balaban J connectivity index is 1.90. The zero-order chi connectivity index (χ0) is 8.81. The van der Waals surface area contributed by atoms with Gasteiger partial charge in [-0.1, -0.05) is 19.3 Å². The number of esters is 1. The zero-order valence-electron chi connectivity index (χ0n) is 7.29. The molecule has 0 atom stereocenters. The highest BCUT2D eigenvalue weighted by Gasteiger charge is 2.17. The van der Waals surface area contributed by atoms with E-state index in [1.807, 2.05) is 0 Å². The lowest BCUT2D eigenvalue weighted by molar-refractivity contribution is -0.143. The van der Waals surface area contributed by atoms with Gasteiger partial charge in [0.2, 0.25) is 0 Å². The Kier molecular flexibility index (Phi) is 4.51. The summed E-state index contributed by atoms with van der Waals surface area (Å²) in [5.41, 5.74) is 0. The minimum Gasteiger partial charge on any atom is -0.466 e. The third-order valence-corrected chi connectivity index (χ3v) is 2.55. The molecule has 0 heterocycles. The van der Waals surface area contributed by atoms with Gasteiger partial charge in [0.25, 0.3) is 0 Å². The molecule has 1 fully saturated rings. The molecule has 1 saturated carbocycles. The van der Waals surface area contributed by atoms with Crippen LogP contribution < -0.4 is 0 Å². The van der Waals surface area contributed by atoms with Gasteiger partial charge in [-0.3, -0.25) is 4.79 Å². The first kappa shape index (κ1) is 9.90. The number of hydrogen-bond donors (Lipinski definition) is 1. The van der Waals surface area contributed by atoms with Crippen LogP contribution in [-0.4, -0.2) is 18.3 Å².